The van der Waals surface area contributed by atoms with Gasteiger partial charge in [0.2, 0.25) is 0 Å². The predicted molar refractivity (Wildman–Crippen MR) is 104 cm³/mol. The van der Waals surface area contributed by atoms with Crippen LogP contribution in [0.4, 0.5) is 11.4 Å². The zero-order chi connectivity index (χ0) is 19.8. The molecule has 2 aliphatic rings. The highest BCUT2D eigenvalue weighted by Gasteiger charge is 2.40. The molecule has 7 heteroatoms. The Hall–Kier alpha value is -3.35. The topological polar surface area (TPSA) is 90.7 Å². The largest absolute Gasteiger partial charge is 0.494 e. The van der Waals surface area contributed by atoms with Gasteiger partial charge in [-0.1, -0.05) is 24.3 Å². The number of hydrogen-bond acceptors (Lipinski definition) is 6. The third-order valence-corrected chi connectivity index (χ3v) is 5.54. The van der Waals surface area contributed by atoms with Crippen molar-refractivity contribution in [3.05, 3.63) is 75.4 Å². The number of carbonyl (C=O) groups is 1. The first-order chi connectivity index (χ1) is 13.5. The summed E-state index contributed by atoms with van der Waals surface area (Å²) in [7, 11) is 2.87. The minimum Gasteiger partial charge on any atom is -0.494 e. The van der Waals surface area contributed by atoms with Gasteiger partial charge in [-0.3, -0.25) is 10.1 Å². The zero-order valence-electron chi connectivity index (χ0n) is 15.5. The van der Waals surface area contributed by atoms with Gasteiger partial charge in [-0.05, 0) is 35.6 Å². The molecule has 0 saturated carbocycles. The number of rotatable bonds is 4. The van der Waals surface area contributed by atoms with Gasteiger partial charge in [0.15, 0.2) is 0 Å². The van der Waals surface area contributed by atoms with Crippen molar-refractivity contribution in [3.8, 4) is 5.75 Å². The van der Waals surface area contributed by atoms with Crippen molar-refractivity contribution < 1.29 is 19.2 Å². The number of non-ortho nitro benzene ring substituents is 1. The smallest absolute Gasteiger partial charge is 0.337 e. The molecule has 0 saturated heterocycles. The first kappa shape index (κ1) is 18.0. The first-order valence-corrected chi connectivity index (χ1v) is 9.01. The Morgan fingerprint density at radius 2 is 1.96 bits per heavy atom. The standard InChI is InChI=1S/C21H20N2O5/c1-27-18-11-14(23(25)26)10-17-15-4-3-5-16(15)19(22-20(17)18)12-6-8-13(9-7-12)21(24)28-2/h3-4,6-11,15-16,19,22H,5H2,1-2H3/t15-,16-,19+/m1/s1. The van der Waals surface area contributed by atoms with E-state index in [0.29, 0.717) is 11.3 Å². The fourth-order valence-corrected chi connectivity index (χ4v) is 4.19. The van der Waals surface area contributed by atoms with Crippen LogP contribution in [0.1, 0.15) is 39.9 Å². The average molecular weight is 380 g/mol. The van der Waals surface area contributed by atoms with Gasteiger partial charge >= 0.3 is 5.97 Å². The molecule has 2 aromatic carbocycles. The SMILES string of the molecule is COC(=O)c1ccc([C@@H]2Nc3c(OC)cc([N+](=O)[O-])cc3[C@@H]3C=CC[C@H]32)cc1. The maximum absolute atomic E-state index is 11.7. The van der Waals surface area contributed by atoms with Crippen LogP contribution in [0.3, 0.4) is 0 Å². The summed E-state index contributed by atoms with van der Waals surface area (Å²) in [6, 6.07) is 10.4. The number of hydrogen-bond donors (Lipinski definition) is 1. The minimum atomic E-state index is -0.395. The predicted octanol–water partition coefficient (Wildman–Crippen LogP) is 4.22. The molecule has 0 aromatic heterocycles. The summed E-state index contributed by atoms with van der Waals surface area (Å²) in [6.45, 7) is 0. The number of nitrogens with one attached hydrogen (secondary N) is 1. The number of nitro groups is 1. The maximum atomic E-state index is 11.7. The molecule has 0 radical (unpaired) electrons. The van der Waals surface area contributed by atoms with Gasteiger partial charge in [0.1, 0.15) is 5.75 Å². The van der Waals surface area contributed by atoms with Crippen LogP contribution >= 0.6 is 0 Å². The number of benzene rings is 2. The van der Waals surface area contributed by atoms with Crippen molar-refractivity contribution in [2.45, 2.75) is 18.4 Å². The van der Waals surface area contributed by atoms with Crippen LogP contribution in [0.5, 0.6) is 5.75 Å². The van der Waals surface area contributed by atoms with Crippen LogP contribution in [0.2, 0.25) is 0 Å². The van der Waals surface area contributed by atoms with Gasteiger partial charge in [-0.25, -0.2) is 4.79 Å². The Morgan fingerprint density at radius 3 is 2.61 bits per heavy atom. The molecule has 0 bridgehead atoms. The van der Waals surface area contributed by atoms with E-state index in [0.717, 1.165) is 23.2 Å². The molecule has 4 rings (SSSR count). The molecule has 1 N–H and O–H groups in total. The van der Waals surface area contributed by atoms with Crippen LogP contribution in [-0.4, -0.2) is 25.1 Å². The van der Waals surface area contributed by atoms with Crippen LogP contribution in [-0.2, 0) is 4.74 Å². The summed E-state index contributed by atoms with van der Waals surface area (Å²) >= 11 is 0. The third kappa shape index (κ3) is 2.89. The number of methoxy groups -OCH3 is 2. The number of fused-ring (bicyclic) bond motifs is 3. The molecule has 3 atom stereocenters. The quantitative estimate of drug-likeness (QED) is 0.370. The lowest BCUT2D eigenvalue weighted by atomic mass is 9.76. The molecule has 1 heterocycles. The molecular formula is C21H20N2O5. The number of allylic oxidation sites excluding steroid dienone is 2. The number of nitro benzene ring substituents is 1. The van der Waals surface area contributed by atoms with Crippen molar-refractivity contribution in [1.82, 2.24) is 0 Å². The second-order valence-corrected chi connectivity index (χ2v) is 6.96. The van der Waals surface area contributed by atoms with E-state index >= 15 is 0 Å². The van der Waals surface area contributed by atoms with E-state index in [1.807, 2.05) is 12.1 Å². The second-order valence-electron chi connectivity index (χ2n) is 6.96. The fraction of sp³-hybridized carbons (Fsp3) is 0.286. The number of carbonyl (C=O) groups excluding carboxylic acids is 1. The molecule has 144 valence electrons. The Kier molecular flexibility index (Phi) is 4.50. The van der Waals surface area contributed by atoms with Crippen molar-refractivity contribution in [2.75, 3.05) is 19.5 Å². The summed E-state index contributed by atoms with van der Waals surface area (Å²) < 4.78 is 10.2. The van der Waals surface area contributed by atoms with Crippen LogP contribution in [0.25, 0.3) is 0 Å². The minimum absolute atomic E-state index is 0.00504. The average Bonchev–Trinajstić information content (AvgIpc) is 3.22. The highest BCUT2D eigenvalue weighted by molar-refractivity contribution is 5.89. The van der Waals surface area contributed by atoms with Crippen molar-refractivity contribution in [3.63, 3.8) is 0 Å². The van der Waals surface area contributed by atoms with Gasteiger partial charge in [0.25, 0.3) is 5.69 Å². The molecule has 1 aliphatic carbocycles. The summed E-state index contributed by atoms with van der Waals surface area (Å²) in [4.78, 5) is 22.6. The number of anilines is 1. The molecule has 0 spiro atoms. The van der Waals surface area contributed by atoms with Gasteiger partial charge < -0.3 is 14.8 Å². The lowest BCUT2D eigenvalue weighted by Crippen LogP contribution is -2.29. The van der Waals surface area contributed by atoms with E-state index in [1.165, 1.54) is 20.3 Å². The van der Waals surface area contributed by atoms with E-state index in [2.05, 4.69) is 17.5 Å². The first-order valence-electron chi connectivity index (χ1n) is 9.01. The van der Waals surface area contributed by atoms with Gasteiger partial charge in [0, 0.05) is 12.0 Å². The zero-order valence-corrected chi connectivity index (χ0v) is 15.5. The lowest BCUT2D eigenvalue weighted by Gasteiger charge is -2.38. The maximum Gasteiger partial charge on any atom is 0.337 e. The van der Waals surface area contributed by atoms with Crippen LogP contribution in [0.15, 0.2) is 48.6 Å². The van der Waals surface area contributed by atoms with Crippen molar-refractivity contribution in [2.24, 2.45) is 5.92 Å². The molecule has 7 nitrogen and oxygen atoms in total. The van der Waals surface area contributed by atoms with E-state index in [1.54, 1.807) is 18.2 Å². The molecule has 0 unspecified atom stereocenters. The number of esters is 1. The Balaban J connectivity index is 1.76. The highest BCUT2D eigenvalue weighted by Crippen LogP contribution is 2.53. The molecule has 28 heavy (non-hydrogen) atoms. The van der Waals surface area contributed by atoms with Crippen LogP contribution in [0, 0.1) is 16.0 Å². The normalized spacial score (nSPS) is 22.0. The van der Waals surface area contributed by atoms with E-state index in [4.69, 9.17) is 9.47 Å². The monoisotopic (exact) mass is 380 g/mol. The number of ether oxygens (including phenoxy) is 2. The highest BCUT2D eigenvalue weighted by atomic mass is 16.6. The summed E-state index contributed by atoms with van der Waals surface area (Å²) in [6.07, 6.45) is 5.10. The summed E-state index contributed by atoms with van der Waals surface area (Å²) in [5, 5.41) is 14.8. The van der Waals surface area contributed by atoms with Crippen molar-refractivity contribution in [1.29, 1.82) is 0 Å². The molecule has 0 fully saturated rings. The second kappa shape index (κ2) is 6.99. The van der Waals surface area contributed by atoms with E-state index in [9.17, 15) is 14.9 Å². The molecular weight excluding hydrogens is 360 g/mol. The van der Waals surface area contributed by atoms with Gasteiger partial charge in [-0.15, -0.1) is 0 Å². The molecule has 1 aliphatic heterocycles. The lowest BCUT2D eigenvalue weighted by molar-refractivity contribution is -0.385. The van der Waals surface area contributed by atoms with E-state index < -0.39 is 4.92 Å². The van der Waals surface area contributed by atoms with Crippen LogP contribution < -0.4 is 10.1 Å². The van der Waals surface area contributed by atoms with E-state index in [-0.39, 0.29) is 29.5 Å². The summed E-state index contributed by atoms with van der Waals surface area (Å²) in [5.74, 6) is 0.375. The molecule has 0 amide bonds. The van der Waals surface area contributed by atoms with Gasteiger partial charge in [-0.2, -0.15) is 0 Å². The third-order valence-electron chi connectivity index (χ3n) is 5.54. The fourth-order valence-electron chi connectivity index (χ4n) is 4.19. The number of nitrogens with zero attached hydrogens (tertiary/aromatic N) is 1. The molecule has 2 aromatic rings. The van der Waals surface area contributed by atoms with Gasteiger partial charge in [0.05, 0.1) is 42.5 Å². The van der Waals surface area contributed by atoms with Crippen molar-refractivity contribution >= 4 is 17.3 Å². The Bertz CT molecular complexity index is 968. The Morgan fingerprint density at radius 1 is 1.21 bits per heavy atom. The summed E-state index contributed by atoms with van der Waals surface area (Å²) in [5.41, 5.74) is 3.22. The Labute approximate surface area is 162 Å².